The molecule has 0 aromatic rings. The fourth-order valence-electron chi connectivity index (χ4n) is 1.62. The Morgan fingerprint density at radius 2 is 2.18 bits per heavy atom. The largest absolute Gasteiger partial charge is 0.132 e. The maximum absolute atomic E-state index is 3.85. The van der Waals surface area contributed by atoms with Crippen molar-refractivity contribution in [2.45, 2.75) is 50.0 Å². The van der Waals surface area contributed by atoms with E-state index in [9.17, 15) is 0 Å². The molecule has 0 aromatic carbocycles. The quantitative estimate of drug-likeness (QED) is 0.529. The number of rotatable bonds is 3. The van der Waals surface area contributed by atoms with Crippen LogP contribution < -0.4 is 0 Å². The first-order valence-electron chi connectivity index (χ1n) is 4.66. The lowest BCUT2D eigenvalue weighted by Crippen LogP contribution is -2.24. The van der Waals surface area contributed by atoms with Gasteiger partial charge in [0.25, 0.3) is 0 Å². The van der Waals surface area contributed by atoms with E-state index in [1.54, 1.807) is 17.8 Å². The average Bonchev–Trinajstić information content (AvgIpc) is 2.01. The third-order valence-electron chi connectivity index (χ3n) is 2.30. The minimum Gasteiger partial charge on any atom is -0.129 e. The van der Waals surface area contributed by atoms with Crippen LogP contribution in [0.4, 0.5) is 0 Å². The van der Waals surface area contributed by atoms with Crippen molar-refractivity contribution >= 4 is 31.5 Å². The number of hydrogen-bond donors (Lipinski definition) is 0. The second-order valence-corrected chi connectivity index (χ2v) is 12.2. The molecule has 0 saturated carbocycles. The zero-order valence-corrected chi connectivity index (χ0v) is 10.9. The molecule has 0 atom stereocenters. The first-order valence-corrected chi connectivity index (χ1v) is 11.0. The second kappa shape index (κ2) is 5.54. The van der Waals surface area contributed by atoms with E-state index in [1.807, 2.05) is 0 Å². The highest BCUT2D eigenvalue weighted by Gasteiger charge is 2.21. The van der Waals surface area contributed by atoms with Crippen LogP contribution in [0.2, 0.25) is 23.8 Å². The molecule has 0 amide bonds. The lowest BCUT2D eigenvalue weighted by Gasteiger charge is -2.22. The van der Waals surface area contributed by atoms with Crippen LogP contribution in [0.1, 0.15) is 26.2 Å². The fraction of sp³-hybridized carbons (Fsp3) is 1.00. The highest BCUT2D eigenvalue weighted by Crippen LogP contribution is 2.26. The monoisotopic (exact) mass is 248 g/mol. The van der Waals surface area contributed by atoms with Crippen LogP contribution in [-0.2, 0) is 0 Å². The highest BCUT2D eigenvalue weighted by atomic mass is 79.9. The van der Waals surface area contributed by atoms with Gasteiger partial charge in [-0.25, -0.2) is 0 Å². The molecule has 1 saturated heterocycles. The van der Waals surface area contributed by atoms with E-state index in [0.29, 0.717) is 0 Å². The molecule has 0 spiro atoms. The van der Waals surface area contributed by atoms with Crippen molar-refractivity contribution in [3.05, 3.63) is 0 Å². The molecule has 1 heterocycles. The minimum absolute atomic E-state index is 0.0135. The minimum atomic E-state index is -0.0135. The zero-order chi connectivity index (χ0) is 8.10. The zero-order valence-electron chi connectivity index (χ0n) is 7.33. The van der Waals surface area contributed by atoms with Crippen molar-refractivity contribution in [3.63, 3.8) is 0 Å². The number of unbranched alkanes of at least 4 members (excludes halogenated alkanes) is 1. The summed E-state index contributed by atoms with van der Waals surface area (Å²) in [4.78, 5) is 0. The first kappa shape index (κ1) is 10.00. The molecule has 0 aliphatic carbocycles. The fourth-order valence-corrected chi connectivity index (χ4v) is 13.0. The van der Waals surface area contributed by atoms with E-state index in [0.717, 1.165) is 0 Å². The van der Waals surface area contributed by atoms with Crippen molar-refractivity contribution in [3.8, 4) is 0 Å². The molecule has 0 unspecified atom stereocenters. The maximum atomic E-state index is 3.85. The van der Waals surface area contributed by atoms with Gasteiger partial charge in [-0.1, -0.05) is 43.9 Å². The lowest BCUT2D eigenvalue weighted by molar-refractivity contribution is 0.862. The summed E-state index contributed by atoms with van der Waals surface area (Å²) in [5, 5.41) is 0. The van der Waals surface area contributed by atoms with Gasteiger partial charge in [0.2, 0.25) is 0 Å². The summed E-state index contributed by atoms with van der Waals surface area (Å²) in [7, 11) is 0.126. The van der Waals surface area contributed by atoms with Gasteiger partial charge in [-0.15, -0.1) is 15.3 Å². The first-order chi connectivity index (χ1) is 5.33. The molecular weight excluding hydrogens is 232 g/mol. The third kappa shape index (κ3) is 3.90. The van der Waals surface area contributed by atoms with E-state index in [2.05, 4.69) is 22.2 Å². The molecule has 11 heavy (non-hydrogen) atoms. The van der Waals surface area contributed by atoms with E-state index < -0.39 is 0 Å². The van der Waals surface area contributed by atoms with Gasteiger partial charge in [0.1, 0.15) is 7.42 Å². The molecule has 1 aliphatic rings. The van der Waals surface area contributed by atoms with Gasteiger partial charge in [-0.3, -0.25) is 0 Å². The van der Waals surface area contributed by atoms with Gasteiger partial charge in [-0.05, 0) is 6.04 Å². The van der Waals surface area contributed by atoms with Gasteiger partial charge in [-0.2, -0.15) is 0 Å². The molecule has 3 heteroatoms. The second-order valence-electron chi connectivity index (χ2n) is 3.40. The van der Waals surface area contributed by atoms with Crippen molar-refractivity contribution in [2.24, 2.45) is 0 Å². The lowest BCUT2D eigenvalue weighted by atomic mass is 10.4. The van der Waals surface area contributed by atoms with Crippen molar-refractivity contribution in [1.82, 2.24) is 0 Å². The molecule has 0 N–H and O–H groups in total. The Balaban J connectivity index is 2.12. The highest BCUT2D eigenvalue weighted by molar-refractivity contribution is 9.24. The van der Waals surface area contributed by atoms with Crippen molar-refractivity contribution in [2.75, 3.05) is 0 Å². The van der Waals surface area contributed by atoms with Crippen molar-refractivity contribution in [1.29, 1.82) is 0 Å². The average molecular weight is 249 g/mol. The Hall–Kier alpha value is 0.914. The van der Waals surface area contributed by atoms with Gasteiger partial charge < -0.3 is 0 Å². The van der Waals surface area contributed by atoms with E-state index in [4.69, 9.17) is 0 Å². The molecule has 1 rings (SSSR count). The molecule has 64 valence electrons. The molecule has 0 nitrogen and oxygen atoms in total. The molecular formula is C8H17BrSi2. The summed E-state index contributed by atoms with van der Waals surface area (Å²) >= 11 is 3.85. The Kier molecular flexibility index (Phi) is 5.04. The SMILES string of the molecule is CCCC[Si]1CCC[Si](Br)C1. The third-order valence-corrected chi connectivity index (χ3v) is 12.6. The summed E-state index contributed by atoms with van der Waals surface area (Å²) in [5.74, 6) is 0. The molecule has 2 radical (unpaired) electrons. The molecule has 1 aliphatic heterocycles. The van der Waals surface area contributed by atoms with Gasteiger partial charge in [0.05, 0.1) is 0 Å². The Labute approximate surface area is 81.6 Å². The van der Waals surface area contributed by atoms with Crippen LogP contribution in [0, 0.1) is 0 Å². The molecule has 0 bridgehead atoms. The van der Waals surface area contributed by atoms with Gasteiger partial charge in [0, 0.05) is 8.80 Å². The van der Waals surface area contributed by atoms with Crippen LogP contribution in [0.15, 0.2) is 0 Å². The summed E-state index contributed by atoms with van der Waals surface area (Å²) in [6.45, 7) is 2.31. The van der Waals surface area contributed by atoms with E-state index in [1.165, 1.54) is 25.3 Å². The predicted octanol–water partition coefficient (Wildman–Crippen LogP) is 3.61. The molecule has 0 aromatic heterocycles. The Bertz CT molecular complexity index is 108. The maximum Gasteiger partial charge on any atom is 0.132 e. The van der Waals surface area contributed by atoms with E-state index >= 15 is 0 Å². The van der Waals surface area contributed by atoms with Crippen LogP contribution in [0.5, 0.6) is 0 Å². The Morgan fingerprint density at radius 3 is 2.82 bits per heavy atom. The summed E-state index contributed by atoms with van der Waals surface area (Å²) in [6.07, 6.45) is 4.44. The summed E-state index contributed by atoms with van der Waals surface area (Å²) in [6, 6.07) is 4.75. The van der Waals surface area contributed by atoms with Crippen LogP contribution >= 0.6 is 15.3 Å². The summed E-state index contributed by atoms with van der Waals surface area (Å²) < 4.78 is 0. The number of hydrogen-bond acceptors (Lipinski definition) is 0. The topological polar surface area (TPSA) is 0 Å². The normalized spacial score (nSPS) is 22.4. The standard InChI is InChI=1S/C8H17BrSi2/c1-2-3-5-10-6-4-7-11(9)8-10/h2-8H2,1H3. The smallest absolute Gasteiger partial charge is 0.129 e. The van der Waals surface area contributed by atoms with E-state index in [-0.39, 0.29) is 16.2 Å². The van der Waals surface area contributed by atoms with Crippen LogP contribution in [0.3, 0.4) is 0 Å². The predicted molar refractivity (Wildman–Crippen MR) is 59.2 cm³/mol. The summed E-state index contributed by atoms with van der Waals surface area (Å²) in [5.41, 5.74) is 1.63. The Morgan fingerprint density at radius 1 is 1.36 bits per heavy atom. The molecule has 1 fully saturated rings. The van der Waals surface area contributed by atoms with Gasteiger partial charge >= 0.3 is 0 Å². The van der Waals surface area contributed by atoms with Gasteiger partial charge in [0.15, 0.2) is 0 Å². The number of halogens is 1. The van der Waals surface area contributed by atoms with Crippen LogP contribution in [0.25, 0.3) is 0 Å². The van der Waals surface area contributed by atoms with Crippen molar-refractivity contribution < 1.29 is 0 Å². The van der Waals surface area contributed by atoms with Crippen LogP contribution in [-0.4, -0.2) is 16.2 Å².